The summed E-state index contributed by atoms with van der Waals surface area (Å²) in [6, 6.07) is 0.588. The summed E-state index contributed by atoms with van der Waals surface area (Å²) in [6.07, 6.45) is 0. The minimum Gasteiger partial charge on any atom is -0.360 e. The van der Waals surface area contributed by atoms with Crippen molar-refractivity contribution in [3.05, 3.63) is 21.3 Å². The summed E-state index contributed by atoms with van der Waals surface area (Å²) in [7, 11) is 0. The summed E-state index contributed by atoms with van der Waals surface area (Å²) in [5, 5.41) is 0. The number of hydrogen-bond donors (Lipinski definition) is 0. The predicted molar refractivity (Wildman–Crippen MR) is 43.8 cm³/mol. The maximum Gasteiger partial charge on any atom is 1.00 e. The first kappa shape index (κ1) is 17.2. The van der Waals surface area contributed by atoms with Gasteiger partial charge in [0.2, 0.25) is 0 Å². The topological polar surface area (TPSA) is 3.24 Å². The molecule has 0 spiro atoms. The smallest absolute Gasteiger partial charge is 0.360 e. The van der Waals surface area contributed by atoms with E-state index in [0.717, 1.165) is 13.1 Å². The van der Waals surface area contributed by atoms with Crippen molar-refractivity contribution in [3.63, 3.8) is 0 Å². The van der Waals surface area contributed by atoms with E-state index in [0.29, 0.717) is 6.04 Å². The quantitative estimate of drug-likeness (QED) is 0.362. The van der Waals surface area contributed by atoms with Crippen LogP contribution in [0.5, 0.6) is 0 Å². The predicted octanol–water partition coefficient (Wildman–Crippen LogP) is -1.18. The fourth-order valence-electron chi connectivity index (χ4n) is 0.628. The number of nitrogens with zero attached hydrogens (tertiary/aromatic N) is 1. The molecule has 0 atom stereocenters. The molecule has 0 aromatic heterocycles. The Morgan fingerprint density at radius 1 is 1.20 bits per heavy atom. The first-order chi connectivity index (χ1) is 3.72. The number of hydrogen-bond acceptors (Lipinski definition) is 1. The Bertz CT molecular complexity index is 51.2. The van der Waals surface area contributed by atoms with Gasteiger partial charge in [-0.25, -0.2) is 0 Å². The van der Waals surface area contributed by atoms with E-state index in [2.05, 4.69) is 32.6 Å². The van der Waals surface area contributed by atoms with Crippen molar-refractivity contribution in [3.8, 4) is 0 Å². The molecular weight excluding hydrogens is 133 g/mol. The molecule has 0 radical (unpaired) electrons. The molecule has 0 fully saturated rings. The SMILES string of the molecule is [CH2-]CN(C[CH2-])C(C)C.[CH3-].[Na+]. The summed E-state index contributed by atoms with van der Waals surface area (Å²) in [4.78, 5) is 2.19. The Kier molecular flexibility index (Phi) is 17.1. The minimum atomic E-state index is 0. The van der Waals surface area contributed by atoms with Gasteiger partial charge in [0, 0.05) is 0 Å². The third-order valence-electron chi connectivity index (χ3n) is 1.30. The molecule has 0 aromatic carbocycles. The van der Waals surface area contributed by atoms with Gasteiger partial charge in [-0.1, -0.05) is 13.8 Å². The van der Waals surface area contributed by atoms with Gasteiger partial charge < -0.3 is 26.2 Å². The molecule has 0 heterocycles. The third kappa shape index (κ3) is 7.07. The van der Waals surface area contributed by atoms with E-state index in [-0.39, 0.29) is 37.0 Å². The summed E-state index contributed by atoms with van der Waals surface area (Å²) in [6.45, 7) is 13.6. The van der Waals surface area contributed by atoms with Crippen molar-refractivity contribution < 1.29 is 29.6 Å². The van der Waals surface area contributed by atoms with Gasteiger partial charge in [-0.2, -0.15) is 0 Å². The van der Waals surface area contributed by atoms with E-state index in [4.69, 9.17) is 0 Å². The van der Waals surface area contributed by atoms with Crippen LogP contribution < -0.4 is 29.6 Å². The van der Waals surface area contributed by atoms with Crippen LogP contribution in [0.25, 0.3) is 0 Å². The molecular formula is C8H18NNa-2. The van der Waals surface area contributed by atoms with Crippen LogP contribution in [0, 0.1) is 21.3 Å². The fraction of sp³-hybridized carbons (Fsp3) is 0.625. The third-order valence-corrected chi connectivity index (χ3v) is 1.30. The number of rotatable bonds is 3. The Labute approximate surface area is 88.5 Å². The first-order valence-electron chi connectivity index (χ1n) is 3.05. The Balaban J connectivity index is -0.000000245. The zero-order chi connectivity index (χ0) is 6.57. The van der Waals surface area contributed by atoms with Crippen molar-refractivity contribution in [2.75, 3.05) is 13.1 Å². The molecule has 2 heteroatoms. The minimum absolute atomic E-state index is 0. The molecule has 0 bridgehead atoms. The van der Waals surface area contributed by atoms with Gasteiger partial charge in [0.25, 0.3) is 0 Å². The monoisotopic (exact) mass is 151 g/mol. The zero-order valence-electron chi connectivity index (χ0n) is 7.85. The van der Waals surface area contributed by atoms with Gasteiger partial charge in [0.15, 0.2) is 0 Å². The van der Waals surface area contributed by atoms with Crippen molar-refractivity contribution in [1.82, 2.24) is 4.90 Å². The molecule has 1 nitrogen and oxygen atoms in total. The average molecular weight is 151 g/mol. The molecule has 0 unspecified atom stereocenters. The second kappa shape index (κ2) is 9.96. The molecule has 0 amide bonds. The van der Waals surface area contributed by atoms with Crippen LogP contribution in [0.3, 0.4) is 0 Å². The maximum atomic E-state index is 3.76. The summed E-state index contributed by atoms with van der Waals surface area (Å²) < 4.78 is 0. The van der Waals surface area contributed by atoms with Crippen molar-refractivity contribution >= 4 is 0 Å². The van der Waals surface area contributed by atoms with Crippen LogP contribution >= 0.6 is 0 Å². The second-order valence-corrected chi connectivity index (χ2v) is 2.13. The molecule has 0 aromatic rings. The van der Waals surface area contributed by atoms with Crippen molar-refractivity contribution in [2.45, 2.75) is 19.9 Å². The molecule has 0 aliphatic carbocycles. The molecule has 0 saturated carbocycles. The van der Waals surface area contributed by atoms with Gasteiger partial charge in [0.1, 0.15) is 0 Å². The van der Waals surface area contributed by atoms with Crippen LogP contribution in [0.15, 0.2) is 0 Å². The van der Waals surface area contributed by atoms with E-state index >= 15 is 0 Å². The first-order valence-corrected chi connectivity index (χ1v) is 3.05. The van der Waals surface area contributed by atoms with E-state index in [1.54, 1.807) is 0 Å². The van der Waals surface area contributed by atoms with Gasteiger partial charge in [-0.05, 0) is 6.04 Å². The van der Waals surface area contributed by atoms with Crippen LogP contribution in [-0.4, -0.2) is 24.0 Å². The molecule has 10 heavy (non-hydrogen) atoms. The summed E-state index contributed by atoms with van der Waals surface area (Å²) in [5.41, 5.74) is 0. The maximum absolute atomic E-state index is 3.76. The molecule has 0 N–H and O–H groups in total. The molecule has 0 saturated heterocycles. The normalized spacial score (nSPS) is 9.00. The van der Waals surface area contributed by atoms with Crippen molar-refractivity contribution in [2.24, 2.45) is 0 Å². The van der Waals surface area contributed by atoms with Gasteiger partial charge in [-0.3, -0.25) is 0 Å². The van der Waals surface area contributed by atoms with E-state index < -0.39 is 0 Å². The molecule has 0 rings (SSSR count). The fourth-order valence-corrected chi connectivity index (χ4v) is 0.628. The Morgan fingerprint density at radius 2 is 1.50 bits per heavy atom. The zero-order valence-corrected chi connectivity index (χ0v) is 9.85. The molecule has 0 aliphatic heterocycles. The Hall–Kier alpha value is 0.960. The van der Waals surface area contributed by atoms with E-state index in [9.17, 15) is 0 Å². The standard InChI is InChI=1S/C7H15N.CH3.Na/c1-5-8(6-2)7(3)4;;/h7H,1-2,5-6H2,3-4H3;1H3;/q-2;-1;+1. The average Bonchev–Trinajstić information content (AvgIpc) is 1.69. The van der Waals surface area contributed by atoms with Crippen LogP contribution in [0.4, 0.5) is 0 Å². The largest absolute Gasteiger partial charge is 1.00 e. The van der Waals surface area contributed by atoms with Crippen LogP contribution in [0.1, 0.15) is 13.8 Å². The van der Waals surface area contributed by atoms with Crippen LogP contribution in [0.2, 0.25) is 0 Å². The summed E-state index contributed by atoms with van der Waals surface area (Å²) >= 11 is 0. The van der Waals surface area contributed by atoms with Gasteiger partial charge in [0.05, 0.1) is 0 Å². The molecule has 0 aliphatic rings. The summed E-state index contributed by atoms with van der Waals surface area (Å²) in [5.74, 6) is 0. The van der Waals surface area contributed by atoms with Gasteiger partial charge >= 0.3 is 29.6 Å². The van der Waals surface area contributed by atoms with E-state index in [1.165, 1.54) is 0 Å². The Morgan fingerprint density at radius 3 is 1.50 bits per heavy atom. The second-order valence-electron chi connectivity index (χ2n) is 2.13. The van der Waals surface area contributed by atoms with Crippen molar-refractivity contribution in [1.29, 1.82) is 0 Å². The van der Waals surface area contributed by atoms with Crippen LogP contribution in [-0.2, 0) is 0 Å². The van der Waals surface area contributed by atoms with Gasteiger partial charge in [-0.15, -0.1) is 13.1 Å². The molecule has 58 valence electrons. The van der Waals surface area contributed by atoms with E-state index in [1.807, 2.05) is 0 Å².